The normalized spacial score (nSPS) is 43.8. The molecule has 3 rings (SSSR count). The van der Waals surface area contributed by atoms with E-state index < -0.39 is 108 Å². The first-order chi connectivity index (χ1) is 20.3. The average molecular weight is 668 g/mol. The van der Waals surface area contributed by atoms with Gasteiger partial charge in [0.1, 0.15) is 60.5 Å². The SMILES string of the molecule is CN[C@@H]1[C@@H](O)[C@@H](O[C@@H]2[C@@H](O)[C@H](O[C@H]3O[C@H](CN)[C@@H](O)[C@H](O)[C@H]3O)[C@@H](N)C[C@H]2NC(=O)C(O)CN)OC[C@]1(C)O.O=S(=O)(O)O. The predicted molar refractivity (Wildman–Crippen MR) is 144 cm³/mol. The highest BCUT2D eigenvalue weighted by molar-refractivity contribution is 7.79. The summed E-state index contributed by atoms with van der Waals surface area (Å²) in [5.41, 5.74) is 15.8. The van der Waals surface area contributed by atoms with E-state index in [1.165, 1.54) is 14.0 Å². The smallest absolute Gasteiger partial charge is 0.388 e. The van der Waals surface area contributed by atoms with Gasteiger partial charge in [-0.15, -0.1) is 0 Å². The summed E-state index contributed by atoms with van der Waals surface area (Å²) in [5.74, 6) is -0.857. The molecule has 0 aromatic carbocycles. The van der Waals surface area contributed by atoms with Crippen LogP contribution in [-0.4, -0.2) is 177 Å². The van der Waals surface area contributed by atoms with E-state index in [9.17, 15) is 40.5 Å². The summed E-state index contributed by atoms with van der Waals surface area (Å²) in [6.07, 6.45) is -16.3. The molecule has 0 bridgehead atoms. The zero-order chi connectivity index (χ0) is 33.7. The van der Waals surface area contributed by atoms with Crippen molar-refractivity contribution < 1.29 is 77.0 Å². The average Bonchev–Trinajstić information content (AvgIpc) is 2.92. The molecule has 260 valence electrons. The summed E-state index contributed by atoms with van der Waals surface area (Å²) in [6, 6.07) is -2.92. The van der Waals surface area contributed by atoms with Crippen LogP contribution in [0.5, 0.6) is 0 Å². The van der Waals surface area contributed by atoms with E-state index >= 15 is 0 Å². The zero-order valence-electron chi connectivity index (χ0n) is 23.9. The van der Waals surface area contributed by atoms with Crippen molar-refractivity contribution in [2.75, 3.05) is 26.7 Å². The molecule has 3 aliphatic rings. The van der Waals surface area contributed by atoms with Crippen LogP contribution in [0, 0.1) is 0 Å². The van der Waals surface area contributed by atoms with Crippen molar-refractivity contribution in [2.45, 2.75) is 105 Å². The largest absolute Gasteiger partial charge is 0.394 e. The minimum absolute atomic E-state index is 0.0836. The Bertz CT molecular complexity index is 1020. The lowest BCUT2D eigenvalue weighted by Gasteiger charge is -2.49. The molecular formula is C22H45N5O16S. The fraction of sp³-hybridized carbons (Fsp3) is 0.955. The van der Waals surface area contributed by atoms with Gasteiger partial charge in [0.25, 0.3) is 0 Å². The number of carbonyl (C=O) groups excluding carboxylic acids is 1. The minimum Gasteiger partial charge on any atom is -0.388 e. The molecule has 1 unspecified atom stereocenters. The molecule has 1 amide bonds. The standard InChI is InChI=1S/C22H43N5O12.H2O4S/c1-22(35)6-36-20(15(33)18(22)26-2)39-17-8(27-19(34)9(28)4-23)3-7(25)16(14(17)32)38-21-13(31)12(30)11(29)10(5-24)37-21;1-5(2,3)4/h7-18,20-21,26,28-33,35H,3-6,23-25H2,1-2H3,(H,27,34);(H2,1,2,3,4)/t7-,8+,9?,10+,11+,12-,13+,14-,15+,16+,17-,18+,20+,21+,22-;/m0./s1. The van der Waals surface area contributed by atoms with Crippen LogP contribution in [0.2, 0.25) is 0 Å². The van der Waals surface area contributed by atoms with Crippen molar-refractivity contribution in [3.05, 3.63) is 0 Å². The Balaban J connectivity index is 0.00000125. The number of amides is 1. The van der Waals surface area contributed by atoms with E-state index in [0.717, 1.165) is 0 Å². The molecular weight excluding hydrogens is 622 g/mol. The molecule has 2 saturated heterocycles. The highest BCUT2D eigenvalue weighted by atomic mass is 32.3. The van der Waals surface area contributed by atoms with Crippen LogP contribution in [0.3, 0.4) is 0 Å². The van der Waals surface area contributed by atoms with Gasteiger partial charge in [-0.3, -0.25) is 13.9 Å². The van der Waals surface area contributed by atoms with Gasteiger partial charge in [0, 0.05) is 19.1 Å². The summed E-state index contributed by atoms with van der Waals surface area (Å²) < 4.78 is 54.3. The molecule has 3 fully saturated rings. The molecule has 2 aliphatic heterocycles. The number of carbonyl (C=O) groups is 1. The number of likely N-dealkylation sites (N-methyl/N-ethyl adjacent to an activating group) is 1. The zero-order valence-corrected chi connectivity index (χ0v) is 24.8. The summed E-state index contributed by atoms with van der Waals surface area (Å²) in [6.45, 7) is 0.634. The van der Waals surface area contributed by atoms with Crippen LogP contribution in [0.1, 0.15) is 13.3 Å². The van der Waals surface area contributed by atoms with E-state index in [-0.39, 0.29) is 26.1 Å². The lowest BCUT2D eigenvalue weighted by molar-refractivity contribution is -0.330. The number of hydrogen-bond acceptors (Lipinski definition) is 18. The molecule has 1 saturated carbocycles. The first-order valence-electron chi connectivity index (χ1n) is 13.5. The molecule has 2 heterocycles. The molecule has 1 aliphatic carbocycles. The van der Waals surface area contributed by atoms with Crippen molar-refractivity contribution in [3.8, 4) is 0 Å². The first-order valence-corrected chi connectivity index (χ1v) is 14.9. The summed E-state index contributed by atoms with van der Waals surface area (Å²) in [5, 5.41) is 78.5. The third-order valence-electron chi connectivity index (χ3n) is 7.50. The number of nitrogens with two attached hydrogens (primary N) is 3. The number of hydrogen-bond donors (Lipinski definition) is 14. The fourth-order valence-electron chi connectivity index (χ4n) is 5.22. The van der Waals surface area contributed by atoms with E-state index in [2.05, 4.69) is 10.6 Å². The maximum Gasteiger partial charge on any atom is 0.394 e. The molecule has 15 atom stereocenters. The second-order valence-corrected chi connectivity index (χ2v) is 11.8. The number of ether oxygens (including phenoxy) is 4. The Morgan fingerprint density at radius 1 is 1.00 bits per heavy atom. The van der Waals surface area contributed by atoms with Crippen LogP contribution < -0.4 is 27.8 Å². The van der Waals surface area contributed by atoms with Gasteiger partial charge >= 0.3 is 10.4 Å². The van der Waals surface area contributed by atoms with Crippen molar-refractivity contribution in [3.63, 3.8) is 0 Å². The highest BCUT2D eigenvalue weighted by Gasteiger charge is 2.53. The first kappa shape index (κ1) is 38.9. The van der Waals surface area contributed by atoms with Crippen LogP contribution in [0.25, 0.3) is 0 Å². The minimum atomic E-state index is -4.67. The molecule has 17 N–H and O–H groups in total. The second kappa shape index (κ2) is 16.0. The summed E-state index contributed by atoms with van der Waals surface area (Å²) >= 11 is 0. The Morgan fingerprint density at radius 2 is 1.57 bits per heavy atom. The van der Waals surface area contributed by atoms with Crippen molar-refractivity contribution >= 4 is 16.3 Å². The summed E-state index contributed by atoms with van der Waals surface area (Å²) in [4.78, 5) is 12.4. The van der Waals surface area contributed by atoms with Gasteiger partial charge in [-0.1, -0.05) is 0 Å². The quantitative estimate of drug-likeness (QED) is 0.101. The highest BCUT2D eigenvalue weighted by Crippen LogP contribution is 2.32. The van der Waals surface area contributed by atoms with E-state index in [4.69, 9.17) is 53.7 Å². The maximum atomic E-state index is 12.4. The van der Waals surface area contributed by atoms with Gasteiger partial charge in [0.05, 0.1) is 18.7 Å². The van der Waals surface area contributed by atoms with E-state index in [1.54, 1.807) is 0 Å². The Hall–Kier alpha value is -1.26. The van der Waals surface area contributed by atoms with Gasteiger partial charge in [0.15, 0.2) is 12.6 Å². The van der Waals surface area contributed by atoms with Gasteiger partial charge in [0.2, 0.25) is 5.91 Å². The number of aliphatic hydroxyl groups is 7. The molecule has 0 aromatic heterocycles. The molecule has 21 nitrogen and oxygen atoms in total. The van der Waals surface area contributed by atoms with Gasteiger partial charge in [-0.25, -0.2) is 0 Å². The molecule has 0 aromatic rings. The Morgan fingerprint density at radius 3 is 2.09 bits per heavy atom. The number of aliphatic hydroxyl groups excluding tert-OH is 6. The third kappa shape index (κ3) is 9.87. The Kier molecular flexibility index (Phi) is 14.2. The molecule has 22 heteroatoms. The van der Waals surface area contributed by atoms with Crippen molar-refractivity contribution in [1.82, 2.24) is 10.6 Å². The third-order valence-corrected chi connectivity index (χ3v) is 7.50. The fourth-order valence-corrected chi connectivity index (χ4v) is 5.22. The number of rotatable bonds is 9. The van der Waals surface area contributed by atoms with Crippen molar-refractivity contribution in [2.24, 2.45) is 17.2 Å². The van der Waals surface area contributed by atoms with Gasteiger partial charge in [-0.05, 0) is 20.4 Å². The van der Waals surface area contributed by atoms with Crippen molar-refractivity contribution in [1.29, 1.82) is 0 Å². The maximum absolute atomic E-state index is 12.4. The topological polar surface area (TPSA) is 372 Å². The Labute approximate surface area is 252 Å². The number of nitrogens with one attached hydrogen (secondary N) is 2. The molecule has 0 radical (unpaired) electrons. The van der Waals surface area contributed by atoms with Gasteiger partial charge < -0.3 is 82.5 Å². The lowest BCUT2D eigenvalue weighted by Crippen LogP contribution is -2.70. The van der Waals surface area contributed by atoms with Gasteiger partial charge in [-0.2, -0.15) is 8.42 Å². The van der Waals surface area contributed by atoms with Crippen LogP contribution >= 0.6 is 0 Å². The van der Waals surface area contributed by atoms with E-state index in [1.807, 2.05) is 0 Å². The van der Waals surface area contributed by atoms with Crippen LogP contribution in [-0.2, 0) is 34.1 Å². The lowest BCUT2D eigenvalue weighted by atomic mass is 9.83. The molecule has 0 spiro atoms. The predicted octanol–water partition coefficient (Wildman–Crippen LogP) is -8.18. The van der Waals surface area contributed by atoms with E-state index in [0.29, 0.717) is 0 Å². The second-order valence-electron chi connectivity index (χ2n) is 10.9. The van der Waals surface area contributed by atoms with Crippen LogP contribution in [0.4, 0.5) is 0 Å². The summed E-state index contributed by atoms with van der Waals surface area (Å²) in [7, 11) is -3.14. The molecule has 44 heavy (non-hydrogen) atoms. The van der Waals surface area contributed by atoms with Crippen LogP contribution in [0.15, 0.2) is 0 Å². The monoisotopic (exact) mass is 667 g/mol.